The molecule has 0 fully saturated rings. The summed E-state index contributed by atoms with van der Waals surface area (Å²) in [5.74, 6) is 0. The Bertz CT molecular complexity index is 760. The molecule has 0 saturated heterocycles. The summed E-state index contributed by atoms with van der Waals surface area (Å²) in [6.07, 6.45) is -4.67. The monoisotopic (exact) mass is 335 g/mol. The van der Waals surface area contributed by atoms with E-state index in [0.29, 0.717) is 0 Å². The van der Waals surface area contributed by atoms with Crippen LogP contribution in [0.5, 0.6) is 0 Å². The van der Waals surface area contributed by atoms with Gasteiger partial charge < -0.3 is 0 Å². The molecule has 0 atom stereocenters. The highest BCUT2D eigenvalue weighted by Gasteiger charge is 2.34. The quantitative estimate of drug-likeness (QED) is 0.915. The van der Waals surface area contributed by atoms with Crippen LogP contribution < -0.4 is 4.72 Å². The summed E-state index contributed by atoms with van der Waals surface area (Å²) >= 11 is 5.76. The smallest absolute Gasteiger partial charge is 0.279 e. The van der Waals surface area contributed by atoms with Gasteiger partial charge in [-0.2, -0.15) is 13.2 Å². The van der Waals surface area contributed by atoms with Gasteiger partial charge in [0.25, 0.3) is 10.0 Å². The second kappa shape index (κ2) is 5.57. The summed E-state index contributed by atoms with van der Waals surface area (Å²) in [6.45, 7) is 0. The van der Waals surface area contributed by atoms with Crippen LogP contribution >= 0.6 is 11.6 Å². The lowest BCUT2D eigenvalue weighted by molar-refractivity contribution is -0.136. The highest BCUT2D eigenvalue weighted by atomic mass is 35.5. The van der Waals surface area contributed by atoms with E-state index in [1.54, 1.807) is 0 Å². The Morgan fingerprint density at radius 3 is 2.14 bits per heavy atom. The lowest BCUT2D eigenvalue weighted by Crippen LogP contribution is -2.17. The number of hydrogen-bond acceptors (Lipinski definition) is 2. The number of sulfonamides is 1. The van der Waals surface area contributed by atoms with Crippen molar-refractivity contribution in [3.05, 3.63) is 59.1 Å². The third-order valence-corrected chi connectivity index (χ3v) is 4.47. The zero-order chi connectivity index (χ0) is 15.7. The molecule has 3 nitrogen and oxygen atoms in total. The Balaban J connectivity index is 2.46. The molecule has 2 rings (SSSR count). The van der Waals surface area contributed by atoms with Gasteiger partial charge in [0.05, 0.1) is 16.3 Å². The summed E-state index contributed by atoms with van der Waals surface area (Å²) in [4.78, 5) is -0.288. The van der Waals surface area contributed by atoms with Crippen LogP contribution in [-0.2, 0) is 16.2 Å². The summed E-state index contributed by atoms with van der Waals surface area (Å²) < 4.78 is 64.7. The fourth-order valence-corrected chi connectivity index (χ4v) is 3.28. The third-order valence-electron chi connectivity index (χ3n) is 2.60. The first-order valence-electron chi connectivity index (χ1n) is 5.65. The van der Waals surface area contributed by atoms with Crippen LogP contribution in [0.25, 0.3) is 0 Å². The maximum Gasteiger partial charge on any atom is 0.418 e. The van der Waals surface area contributed by atoms with E-state index in [-0.39, 0.29) is 9.92 Å². The number of rotatable bonds is 3. The average Bonchev–Trinajstić information content (AvgIpc) is 2.38. The Labute approximate surface area is 124 Å². The van der Waals surface area contributed by atoms with Gasteiger partial charge in [0.15, 0.2) is 0 Å². The number of nitrogens with one attached hydrogen (secondary N) is 1. The van der Waals surface area contributed by atoms with Crippen LogP contribution in [0.4, 0.5) is 18.9 Å². The fourth-order valence-electron chi connectivity index (χ4n) is 1.68. The maximum atomic E-state index is 12.8. The van der Waals surface area contributed by atoms with E-state index in [0.717, 1.165) is 12.1 Å². The standard InChI is InChI=1S/C13H9ClF3NO2S/c14-10-6-2-4-8-12(10)21(19,20)18-11-7-3-1-5-9(11)13(15,16)17/h1-8,18H. The lowest BCUT2D eigenvalue weighted by Gasteiger charge is -2.15. The predicted molar refractivity (Wildman–Crippen MR) is 73.7 cm³/mol. The molecule has 0 bridgehead atoms. The summed E-state index contributed by atoms with van der Waals surface area (Å²) in [5.41, 5.74) is -1.62. The fraction of sp³-hybridized carbons (Fsp3) is 0.0769. The van der Waals surface area contributed by atoms with E-state index in [1.807, 2.05) is 4.72 Å². The number of hydrogen-bond donors (Lipinski definition) is 1. The highest BCUT2D eigenvalue weighted by Crippen LogP contribution is 2.35. The molecule has 0 aliphatic heterocycles. The molecule has 0 aliphatic carbocycles. The minimum atomic E-state index is -4.67. The van der Waals surface area contributed by atoms with E-state index in [1.165, 1.54) is 36.4 Å². The molecule has 1 N–H and O–H groups in total. The molecule has 2 aromatic carbocycles. The van der Waals surface area contributed by atoms with E-state index in [9.17, 15) is 21.6 Å². The van der Waals surface area contributed by atoms with Gasteiger partial charge in [-0.05, 0) is 24.3 Å². The van der Waals surface area contributed by atoms with Crippen molar-refractivity contribution in [2.75, 3.05) is 4.72 Å². The summed E-state index contributed by atoms with van der Waals surface area (Å²) in [6, 6.07) is 9.81. The van der Waals surface area contributed by atoms with Crippen LogP contribution in [0.3, 0.4) is 0 Å². The number of anilines is 1. The second-order valence-corrected chi connectivity index (χ2v) is 6.14. The molecule has 0 radical (unpaired) electrons. The molecule has 0 amide bonds. The Hall–Kier alpha value is -1.73. The van der Waals surface area contributed by atoms with Crippen molar-refractivity contribution in [3.63, 3.8) is 0 Å². The topological polar surface area (TPSA) is 46.2 Å². The first-order valence-corrected chi connectivity index (χ1v) is 7.51. The predicted octanol–water partition coefficient (Wildman–Crippen LogP) is 4.16. The number of alkyl halides is 3. The van der Waals surface area contributed by atoms with Crippen molar-refractivity contribution < 1.29 is 21.6 Å². The number of para-hydroxylation sites is 1. The largest absolute Gasteiger partial charge is 0.418 e. The van der Waals surface area contributed by atoms with Crippen molar-refractivity contribution >= 4 is 27.3 Å². The van der Waals surface area contributed by atoms with Gasteiger partial charge in [0, 0.05) is 0 Å². The first-order chi connectivity index (χ1) is 9.72. The van der Waals surface area contributed by atoms with Crippen LogP contribution in [0.1, 0.15) is 5.56 Å². The van der Waals surface area contributed by atoms with Crippen molar-refractivity contribution in [1.82, 2.24) is 0 Å². The average molecular weight is 336 g/mol. The number of halogens is 4. The molecule has 0 spiro atoms. The molecule has 2 aromatic rings. The summed E-state index contributed by atoms with van der Waals surface area (Å²) in [5, 5.41) is -0.0745. The third kappa shape index (κ3) is 3.48. The highest BCUT2D eigenvalue weighted by molar-refractivity contribution is 7.92. The van der Waals surface area contributed by atoms with Gasteiger partial charge in [-0.25, -0.2) is 8.42 Å². The van der Waals surface area contributed by atoms with Crippen molar-refractivity contribution in [2.24, 2.45) is 0 Å². The zero-order valence-corrected chi connectivity index (χ0v) is 11.9. The molecular weight excluding hydrogens is 327 g/mol. The lowest BCUT2D eigenvalue weighted by atomic mass is 10.2. The van der Waals surface area contributed by atoms with Crippen LogP contribution in [0.15, 0.2) is 53.4 Å². The molecule has 8 heteroatoms. The normalized spacial score (nSPS) is 12.2. The zero-order valence-electron chi connectivity index (χ0n) is 10.4. The first kappa shape index (κ1) is 15.7. The number of benzene rings is 2. The summed E-state index contributed by atoms with van der Waals surface area (Å²) in [7, 11) is -4.21. The van der Waals surface area contributed by atoms with Gasteiger partial charge in [-0.1, -0.05) is 35.9 Å². The van der Waals surface area contributed by atoms with E-state index < -0.39 is 27.5 Å². The van der Waals surface area contributed by atoms with Gasteiger partial charge in [-0.3, -0.25) is 4.72 Å². The second-order valence-electron chi connectivity index (χ2n) is 4.08. The van der Waals surface area contributed by atoms with Crippen LogP contribution in [0, 0.1) is 0 Å². The Morgan fingerprint density at radius 1 is 0.952 bits per heavy atom. The minimum absolute atomic E-state index is 0.0745. The Morgan fingerprint density at radius 2 is 1.52 bits per heavy atom. The Kier molecular flexibility index (Phi) is 4.15. The van der Waals surface area contributed by atoms with Crippen molar-refractivity contribution in [2.45, 2.75) is 11.1 Å². The van der Waals surface area contributed by atoms with Crippen LogP contribution in [0.2, 0.25) is 5.02 Å². The van der Waals surface area contributed by atoms with Crippen molar-refractivity contribution in [3.8, 4) is 0 Å². The molecular formula is C13H9ClF3NO2S. The van der Waals surface area contributed by atoms with E-state index in [4.69, 9.17) is 11.6 Å². The van der Waals surface area contributed by atoms with Gasteiger partial charge in [0.2, 0.25) is 0 Å². The molecule has 0 aromatic heterocycles. The molecule has 21 heavy (non-hydrogen) atoms. The van der Waals surface area contributed by atoms with Gasteiger partial charge >= 0.3 is 6.18 Å². The molecule has 0 heterocycles. The van der Waals surface area contributed by atoms with E-state index >= 15 is 0 Å². The minimum Gasteiger partial charge on any atom is -0.279 e. The van der Waals surface area contributed by atoms with Crippen LogP contribution in [-0.4, -0.2) is 8.42 Å². The van der Waals surface area contributed by atoms with Crippen molar-refractivity contribution in [1.29, 1.82) is 0 Å². The van der Waals surface area contributed by atoms with Gasteiger partial charge in [-0.15, -0.1) is 0 Å². The molecule has 0 aliphatic rings. The maximum absolute atomic E-state index is 12.8. The SMILES string of the molecule is O=S(=O)(Nc1ccccc1C(F)(F)F)c1ccccc1Cl. The molecule has 112 valence electrons. The van der Waals surface area contributed by atoms with Gasteiger partial charge in [0.1, 0.15) is 4.90 Å². The molecule has 0 unspecified atom stereocenters. The van der Waals surface area contributed by atoms with E-state index in [2.05, 4.69) is 0 Å². The molecule has 0 saturated carbocycles.